The van der Waals surface area contributed by atoms with E-state index in [1.165, 1.54) is 0 Å². The lowest BCUT2D eigenvalue weighted by Gasteiger charge is -2.18. The van der Waals surface area contributed by atoms with Crippen LogP contribution >= 0.6 is 0 Å². The average Bonchev–Trinajstić information content (AvgIpc) is 2.34. The van der Waals surface area contributed by atoms with Crippen LogP contribution in [-0.2, 0) is 16.1 Å². The van der Waals surface area contributed by atoms with E-state index in [-0.39, 0.29) is 5.97 Å². The number of rotatable bonds is 5. The number of hydrogen-bond donors (Lipinski definition) is 0. The first kappa shape index (κ1) is 13.2. The van der Waals surface area contributed by atoms with Gasteiger partial charge in [-0.05, 0) is 19.4 Å². The molecule has 0 N–H and O–H groups in total. The van der Waals surface area contributed by atoms with Crippen molar-refractivity contribution in [2.75, 3.05) is 0 Å². The molecule has 0 unspecified atom stereocenters. The Balaban J connectivity index is 2.55. The van der Waals surface area contributed by atoms with Gasteiger partial charge in [0, 0.05) is 0 Å². The SMILES string of the molecule is C=C/C=C/C(C)(C)C(=O)OCc1ccccc1. The van der Waals surface area contributed by atoms with E-state index in [0.29, 0.717) is 6.61 Å². The van der Waals surface area contributed by atoms with Crippen LogP contribution < -0.4 is 0 Å². The van der Waals surface area contributed by atoms with Crippen molar-refractivity contribution in [3.8, 4) is 0 Å². The van der Waals surface area contributed by atoms with Gasteiger partial charge in [-0.15, -0.1) is 0 Å². The molecule has 0 aromatic heterocycles. The maximum absolute atomic E-state index is 11.8. The molecule has 90 valence electrons. The van der Waals surface area contributed by atoms with Gasteiger partial charge in [0.05, 0.1) is 5.41 Å². The van der Waals surface area contributed by atoms with Crippen molar-refractivity contribution in [2.24, 2.45) is 5.41 Å². The molecule has 0 aliphatic rings. The molecule has 0 aliphatic heterocycles. The van der Waals surface area contributed by atoms with Gasteiger partial charge in [-0.2, -0.15) is 0 Å². The van der Waals surface area contributed by atoms with Gasteiger partial charge >= 0.3 is 5.97 Å². The molecule has 1 aromatic rings. The summed E-state index contributed by atoms with van der Waals surface area (Å²) in [5.74, 6) is -0.237. The van der Waals surface area contributed by atoms with Crippen LogP contribution in [0.5, 0.6) is 0 Å². The van der Waals surface area contributed by atoms with Crippen molar-refractivity contribution in [1.29, 1.82) is 0 Å². The van der Waals surface area contributed by atoms with Crippen molar-refractivity contribution in [3.63, 3.8) is 0 Å². The summed E-state index contributed by atoms with van der Waals surface area (Å²) in [6.45, 7) is 7.53. The first-order valence-electron chi connectivity index (χ1n) is 5.57. The zero-order valence-electron chi connectivity index (χ0n) is 10.3. The van der Waals surface area contributed by atoms with Crippen LogP contribution in [0.4, 0.5) is 0 Å². The molecule has 1 rings (SSSR count). The average molecular weight is 230 g/mol. The lowest BCUT2D eigenvalue weighted by atomic mass is 9.93. The predicted octanol–water partition coefficient (Wildman–Crippen LogP) is 3.50. The summed E-state index contributed by atoms with van der Waals surface area (Å²) < 4.78 is 5.27. The van der Waals surface area contributed by atoms with Crippen molar-refractivity contribution in [3.05, 3.63) is 60.7 Å². The Morgan fingerprint density at radius 3 is 2.59 bits per heavy atom. The zero-order valence-corrected chi connectivity index (χ0v) is 10.3. The Hall–Kier alpha value is -1.83. The normalized spacial score (nSPS) is 11.4. The Bertz CT molecular complexity index is 402. The number of allylic oxidation sites excluding steroid dienone is 2. The second-order valence-corrected chi connectivity index (χ2v) is 4.38. The van der Waals surface area contributed by atoms with E-state index in [4.69, 9.17) is 4.74 Å². The summed E-state index contributed by atoms with van der Waals surface area (Å²) in [6, 6.07) is 9.64. The summed E-state index contributed by atoms with van der Waals surface area (Å²) in [6.07, 6.45) is 5.18. The first-order chi connectivity index (χ1) is 8.06. The zero-order chi connectivity index (χ0) is 12.7. The molecule has 0 amide bonds. The number of hydrogen-bond acceptors (Lipinski definition) is 2. The van der Waals surface area contributed by atoms with Crippen LogP contribution in [0.15, 0.2) is 55.1 Å². The molecule has 1 aromatic carbocycles. The number of esters is 1. The van der Waals surface area contributed by atoms with Crippen molar-refractivity contribution < 1.29 is 9.53 Å². The highest BCUT2D eigenvalue weighted by molar-refractivity contribution is 5.78. The molecule has 0 spiro atoms. The van der Waals surface area contributed by atoms with Gasteiger partial charge in [0.2, 0.25) is 0 Å². The molecule has 0 saturated carbocycles. The maximum Gasteiger partial charge on any atom is 0.315 e. The van der Waals surface area contributed by atoms with Crippen LogP contribution in [0, 0.1) is 5.41 Å². The summed E-state index contributed by atoms with van der Waals surface area (Å²) in [5, 5.41) is 0. The van der Waals surface area contributed by atoms with E-state index in [1.807, 2.05) is 44.2 Å². The van der Waals surface area contributed by atoms with E-state index in [1.54, 1.807) is 18.2 Å². The number of carbonyl (C=O) groups excluding carboxylic acids is 1. The second kappa shape index (κ2) is 6.04. The third-order valence-electron chi connectivity index (χ3n) is 2.39. The first-order valence-corrected chi connectivity index (χ1v) is 5.57. The highest BCUT2D eigenvalue weighted by Gasteiger charge is 2.25. The molecule has 0 heterocycles. The van der Waals surface area contributed by atoms with Gasteiger partial charge in [0.1, 0.15) is 6.61 Å². The van der Waals surface area contributed by atoms with E-state index in [0.717, 1.165) is 5.56 Å². The molecule has 0 aliphatic carbocycles. The molecule has 0 fully saturated rings. The van der Waals surface area contributed by atoms with E-state index >= 15 is 0 Å². The molecular formula is C15H18O2. The summed E-state index contributed by atoms with van der Waals surface area (Å²) >= 11 is 0. The number of ether oxygens (including phenoxy) is 1. The Labute approximate surface area is 103 Å². The Kier molecular flexibility index (Phi) is 4.70. The van der Waals surface area contributed by atoms with E-state index in [9.17, 15) is 4.79 Å². The highest BCUT2D eigenvalue weighted by atomic mass is 16.5. The van der Waals surface area contributed by atoms with Gasteiger partial charge in [0.15, 0.2) is 0 Å². The van der Waals surface area contributed by atoms with Crippen LogP contribution in [0.1, 0.15) is 19.4 Å². The molecule has 0 atom stereocenters. The standard InChI is InChI=1S/C15H18O2/c1-4-5-11-15(2,3)14(16)17-12-13-9-7-6-8-10-13/h4-11H,1,12H2,2-3H3/b11-5+. The lowest BCUT2D eigenvalue weighted by Crippen LogP contribution is -2.24. The fourth-order valence-corrected chi connectivity index (χ4v) is 1.29. The minimum atomic E-state index is -0.622. The maximum atomic E-state index is 11.8. The molecule has 0 radical (unpaired) electrons. The summed E-state index contributed by atoms with van der Waals surface area (Å²) in [4.78, 5) is 11.8. The van der Waals surface area contributed by atoms with Gasteiger partial charge in [-0.3, -0.25) is 4.79 Å². The van der Waals surface area contributed by atoms with Crippen molar-refractivity contribution in [1.82, 2.24) is 0 Å². The fraction of sp³-hybridized carbons (Fsp3) is 0.267. The van der Waals surface area contributed by atoms with Crippen LogP contribution in [-0.4, -0.2) is 5.97 Å². The lowest BCUT2D eigenvalue weighted by molar-refractivity contribution is -0.152. The molecular weight excluding hydrogens is 212 g/mol. The number of benzene rings is 1. The molecule has 0 bridgehead atoms. The van der Waals surface area contributed by atoms with Crippen molar-refractivity contribution in [2.45, 2.75) is 20.5 Å². The number of carbonyl (C=O) groups is 1. The Morgan fingerprint density at radius 2 is 2.00 bits per heavy atom. The largest absolute Gasteiger partial charge is 0.460 e. The van der Waals surface area contributed by atoms with Crippen LogP contribution in [0.25, 0.3) is 0 Å². The third-order valence-corrected chi connectivity index (χ3v) is 2.39. The quantitative estimate of drug-likeness (QED) is 0.571. The Morgan fingerprint density at radius 1 is 1.35 bits per heavy atom. The minimum absolute atomic E-state index is 0.237. The highest BCUT2D eigenvalue weighted by Crippen LogP contribution is 2.20. The molecule has 17 heavy (non-hydrogen) atoms. The van der Waals surface area contributed by atoms with Crippen LogP contribution in [0.3, 0.4) is 0 Å². The van der Waals surface area contributed by atoms with E-state index in [2.05, 4.69) is 6.58 Å². The van der Waals surface area contributed by atoms with Gasteiger partial charge < -0.3 is 4.74 Å². The van der Waals surface area contributed by atoms with Crippen LogP contribution in [0.2, 0.25) is 0 Å². The molecule has 2 heteroatoms. The third kappa shape index (κ3) is 4.27. The second-order valence-electron chi connectivity index (χ2n) is 4.38. The fourth-order valence-electron chi connectivity index (χ4n) is 1.29. The predicted molar refractivity (Wildman–Crippen MR) is 69.4 cm³/mol. The van der Waals surface area contributed by atoms with Gasteiger partial charge in [-0.1, -0.05) is 55.1 Å². The van der Waals surface area contributed by atoms with E-state index < -0.39 is 5.41 Å². The van der Waals surface area contributed by atoms with Gasteiger partial charge in [-0.25, -0.2) is 0 Å². The minimum Gasteiger partial charge on any atom is -0.460 e. The topological polar surface area (TPSA) is 26.3 Å². The summed E-state index contributed by atoms with van der Waals surface area (Å²) in [7, 11) is 0. The summed E-state index contributed by atoms with van der Waals surface area (Å²) in [5.41, 5.74) is 0.368. The van der Waals surface area contributed by atoms with Crippen molar-refractivity contribution >= 4 is 5.97 Å². The monoisotopic (exact) mass is 230 g/mol. The molecule has 0 saturated heterocycles. The molecule has 2 nitrogen and oxygen atoms in total. The van der Waals surface area contributed by atoms with Gasteiger partial charge in [0.25, 0.3) is 0 Å². The smallest absolute Gasteiger partial charge is 0.315 e.